The second-order valence-corrected chi connectivity index (χ2v) is 4.57. The molecule has 0 fully saturated rings. The van der Waals surface area contributed by atoms with Crippen molar-refractivity contribution in [3.8, 4) is 11.5 Å². The van der Waals surface area contributed by atoms with Gasteiger partial charge in [-0.15, -0.1) is 5.10 Å². The van der Waals surface area contributed by atoms with Crippen LogP contribution in [0.2, 0.25) is 0 Å². The molecule has 0 aliphatic rings. The third-order valence-corrected chi connectivity index (χ3v) is 3.12. The van der Waals surface area contributed by atoms with Gasteiger partial charge in [0.1, 0.15) is 0 Å². The lowest BCUT2D eigenvalue weighted by atomic mass is 10.2. The van der Waals surface area contributed by atoms with Crippen LogP contribution in [0, 0.1) is 6.92 Å². The number of aromatic nitrogens is 4. The number of rotatable bonds is 3. The third-order valence-electron chi connectivity index (χ3n) is 3.12. The first-order chi connectivity index (χ1) is 10.2. The predicted molar refractivity (Wildman–Crippen MR) is 77.1 cm³/mol. The topological polar surface area (TPSA) is 90.8 Å². The van der Waals surface area contributed by atoms with E-state index in [9.17, 15) is 4.79 Å². The van der Waals surface area contributed by atoms with Crippen molar-refractivity contribution >= 4 is 5.91 Å². The van der Waals surface area contributed by atoms with Crippen molar-refractivity contribution in [1.82, 2.24) is 25.0 Å². The number of carbonyl (C=O) groups is 1. The number of hydrogen-bond donors (Lipinski definition) is 2. The molecule has 1 aromatic carbocycles. The van der Waals surface area contributed by atoms with Crippen LogP contribution in [-0.2, 0) is 0 Å². The Morgan fingerprint density at radius 3 is 2.48 bits per heavy atom. The van der Waals surface area contributed by atoms with Gasteiger partial charge in [0.2, 0.25) is 0 Å². The zero-order valence-corrected chi connectivity index (χ0v) is 11.4. The maximum Gasteiger partial charge on any atom is 0.289 e. The highest BCUT2D eigenvalue weighted by molar-refractivity contribution is 5.94. The van der Waals surface area contributed by atoms with Gasteiger partial charge in [-0.2, -0.15) is 4.68 Å². The molecule has 0 atom stereocenters. The SMILES string of the molecule is Cc1ccc(-n2nnc(C(=O)NN)c2-n2cccc2)cc1. The lowest BCUT2D eigenvalue weighted by Crippen LogP contribution is -2.31. The Balaban J connectivity index is 2.19. The van der Waals surface area contributed by atoms with Crippen LogP contribution in [0.15, 0.2) is 48.8 Å². The van der Waals surface area contributed by atoms with Crippen molar-refractivity contribution in [2.24, 2.45) is 5.84 Å². The quantitative estimate of drug-likeness (QED) is 0.425. The fourth-order valence-electron chi connectivity index (χ4n) is 2.06. The molecule has 3 N–H and O–H groups in total. The molecule has 0 spiro atoms. The zero-order chi connectivity index (χ0) is 14.8. The molecule has 0 saturated heterocycles. The first-order valence-electron chi connectivity index (χ1n) is 6.37. The van der Waals surface area contributed by atoms with Gasteiger partial charge in [0.05, 0.1) is 5.69 Å². The van der Waals surface area contributed by atoms with Crippen LogP contribution in [0.3, 0.4) is 0 Å². The van der Waals surface area contributed by atoms with Gasteiger partial charge < -0.3 is 4.57 Å². The van der Waals surface area contributed by atoms with Crippen molar-refractivity contribution in [2.75, 3.05) is 0 Å². The van der Waals surface area contributed by atoms with Gasteiger partial charge in [-0.05, 0) is 31.2 Å². The smallest absolute Gasteiger partial charge is 0.289 e. The van der Waals surface area contributed by atoms with Crippen LogP contribution < -0.4 is 11.3 Å². The average molecular weight is 282 g/mol. The number of aryl methyl sites for hydroxylation is 1. The summed E-state index contributed by atoms with van der Waals surface area (Å²) < 4.78 is 3.37. The molecule has 7 heteroatoms. The number of nitrogen functional groups attached to an aromatic ring is 1. The molecule has 7 nitrogen and oxygen atoms in total. The summed E-state index contributed by atoms with van der Waals surface area (Å²) >= 11 is 0. The molecule has 0 aliphatic carbocycles. The van der Waals surface area contributed by atoms with E-state index in [0.29, 0.717) is 5.82 Å². The lowest BCUT2D eigenvalue weighted by molar-refractivity contribution is 0.0948. The molecule has 0 bridgehead atoms. The second-order valence-electron chi connectivity index (χ2n) is 4.57. The number of amides is 1. The summed E-state index contributed by atoms with van der Waals surface area (Å²) in [5.74, 6) is 5.25. The first-order valence-corrected chi connectivity index (χ1v) is 6.37. The number of carbonyl (C=O) groups excluding carboxylic acids is 1. The van der Waals surface area contributed by atoms with E-state index in [2.05, 4.69) is 15.7 Å². The Labute approximate surface area is 121 Å². The normalized spacial score (nSPS) is 10.6. The van der Waals surface area contributed by atoms with E-state index in [1.807, 2.05) is 55.7 Å². The van der Waals surface area contributed by atoms with Crippen LogP contribution in [0.5, 0.6) is 0 Å². The fraction of sp³-hybridized carbons (Fsp3) is 0.0714. The minimum Gasteiger partial charge on any atom is -0.307 e. The Kier molecular flexibility index (Phi) is 3.25. The van der Waals surface area contributed by atoms with Gasteiger partial charge in [0, 0.05) is 12.4 Å². The van der Waals surface area contributed by atoms with Gasteiger partial charge in [-0.1, -0.05) is 22.9 Å². The minimum absolute atomic E-state index is 0.161. The van der Waals surface area contributed by atoms with E-state index in [0.717, 1.165) is 11.3 Å². The maximum atomic E-state index is 11.9. The summed E-state index contributed by atoms with van der Waals surface area (Å²) in [4.78, 5) is 11.9. The molecule has 0 radical (unpaired) electrons. The summed E-state index contributed by atoms with van der Waals surface area (Å²) in [6.07, 6.45) is 3.63. The molecule has 1 amide bonds. The molecule has 3 rings (SSSR count). The Hall–Kier alpha value is -2.93. The van der Waals surface area contributed by atoms with Gasteiger partial charge in [-0.3, -0.25) is 10.2 Å². The van der Waals surface area contributed by atoms with E-state index in [1.54, 1.807) is 9.25 Å². The molecular formula is C14H14N6O. The van der Waals surface area contributed by atoms with Gasteiger partial charge in [0.25, 0.3) is 5.91 Å². The summed E-state index contributed by atoms with van der Waals surface area (Å²) in [5, 5.41) is 8.01. The summed E-state index contributed by atoms with van der Waals surface area (Å²) in [5.41, 5.74) is 4.20. The molecule has 0 saturated carbocycles. The van der Waals surface area contributed by atoms with Gasteiger partial charge in [0.15, 0.2) is 11.5 Å². The lowest BCUT2D eigenvalue weighted by Gasteiger charge is -2.08. The van der Waals surface area contributed by atoms with E-state index in [4.69, 9.17) is 5.84 Å². The van der Waals surface area contributed by atoms with Crippen molar-refractivity contribution in [3.05, 3.63) is 60.0 Å². The highest BCUT2D eigenvalue weighted by Gasteiger charge is 2.21. The number of hydrogen-bond acceptors (Lipinski definition) is 4. The fourth-order valence-corrected chi connectivity index (χ4v) is 2.06. The molecular weight excluding hydrogens is 268 g/mol. The average Bonchev–Trinajstić information content (AvgIpc) is 3.15. The Morgan fingerprint density at radius 2 is 1.86 bits per heavy atom. The molecule has 2 aromatic heterocycles. The molecule has 106 valence electrons. The van der Waals surface area contributed by atoms with E-state index >= 15 is 0 Å². The zero-order valence-electron chi connectivity index (χ0n) is 11.4. The standard InChI is InChI=1S/C14H14N6O/c1-10-4-6-11(7-5-10)20-14(19-8-2-3-9-19)12(17-18-20)13(21)16-15/h2-9H,15H2,1H3,(H,16,21). The number of benzene rings is 1. The maximum absolute atomic E-state index is 11.9. The van der Waals surface area contributed by atoms with Crippen molar-refractivity contribution < 1.29 is 4.79 Å². The monoisotopic (exact) mass is 282 g/mol. The van der Waals surface area contributed by atoms with Crippen LogP contribution in [-0.4, -0.2) is 25.5 Å². The highest BCUT2D eigenvalue weighted by atomic mass is 16.2. The van der Waals surface area contributed by atoms with E-state index in [1.165, 1.54) is 0 Å². The third kappa shape index (κ3) is 2.30. The number of nitrogens with zero attached hydrogens (tertiary/aromatic N) is 4. The second kappa shape index (κ2) is 5.22. The van der Waals surface area contributed by atoms with Crippen molar-refractivity contribution in [2.45, 2.75) is 6.92 Å². The largest absolute Gasteiger partial charge is 0.307 e. The summed E-state index contributed by atoms with van der Waals surface area (Å²) in [6.45, 7) is 2.01. The number of nitrogens with two attached hydrogens (primary N) is 1. The first kappa shape index (κ1) is 13.1. The number of nitrogens with one attached hydrogen (secondary N) is 1. The molecule has 0 aliphatic heterocycles. The van der Waals surface area contributed by atoms with E-state index in [-0.39, 0.29) is 5.69 Å². The van der Waals surface area contributed by atoms with Crippen LogP contribution in [0.25, 0.3) is 11.5 Å². The van der Waals surface area contributed by atoms with Crippen LogP contribution >= 0.6 is 0 Å². The summed E-state index contributed by atoms with van der Waals surface area (Å²) in [7, 11) is 0. The summed E-state index contributed by atoms with van der Waals surface area (Å²) in [6, 6.07) is 11.5. The van der Waals surface area contributed by atoms with Gasteiger partial charge >= 0.3 is 0 Å². The predicted octanol–water partition coefficient (Wildman–Crippen LogP) is 0.970. The van der Waals surface area contributed by atoms with Crippen molar-refractivity contribution in [3.63, 3.8) is 0 Å². The van der Waals surface area contributed by atoms with Crippen molar-refractivity contribution in [1.29, 1.82) is 0 Å². The minimum atomic E-state index is -0.489. The number of hydrazine groups is 1. The molecule has 3 aromatic rings. The Morgan fingerprint density at radius 1 is 1.19 bits per heavy atom. The highest BCUT2D eigenvalue weighted by Crippen LogP contribution is 2.18. The van der Waals surface area contributed by atoms with Crippen LogP contribution in [0.1, 0.15) is 16.1 Å². The van der Waals surface area contributed by atoms with E-state index < -0.39 is 5.91 Å². The molecule has 2 heterocycles. The molecule has 0 unspecified atom stereocenters. The Bertz CT molecular complexity index is 757. The van der Waals surface area contributed by atoms with Crippen LogP contribution in [0.4, 0.5) is 0 Å². The molecule has 21 heavy (non-hydrogen) atoms. The van der Waals surface area contributed by atoms with Gasteiger partial charge in [-0.25, -0.2) is 5.84 Å².